The first-order valence-electron chi connectivity index (χ1n) is 5.04. The van der Waals surface area contributed by atoms with Crippen LogP contribution in [0.5, 0.6) is 5.75 Å². The molecule has 2 N–H and O–H groups in total. The zero-order valence-corrected chi connectivity index (χ0v) is 8.15. The van der Waals surface area contributed by atoms with Gasteiger partial charge in [0.05, 0.1) is 0 Å². The molecule has 76 valence electrons. The van der Waals surface area contributed by atoms with E-state index in [2.05, 4.69) is 0 Å². The molecule has 1 atom stereocenters. The number of aliphatic hydroxyl groups is 1. The molecular formula is C11H16NO2+. The van der Waals surface area contributed by atoms with Gasteiger partial charge >= 0.3 is 0 Å². The second-order valence-electron chi connectivity index (χ2n) is 3.73. The Morgan fingerprint density at radius 3 is 2.64 bits per heavy atom. The molecule has 1 aliphatic rings. The standard InChI is InChI=1S/C11H15NO2/c13-10(8-12-6-7-12)9-14-11-4-2-1-3-5-11/h1-5,10,13H,6-9H2/p+1/t10-/m1/s1. The molecule has 0 saturated carbocycles. The number of benzene rings is 1. The number of para-hydroxylation sites is 1. The predicted octanol–water partition coefficient (Wildman–Crippen LogP) is -0.675. The molecule has 3 heteroatoms. The maximum Gasteiger partial charge on any atom is 0.137 e. The van der Waals surface area contributed by atoms with Gasteiger partial charge in [0.15, 0.2) is 0 Å². The smallest absolute Gasteiger partial charge is 0.137 e. The summed E-state index contributed by atoms with van der Waals surface area (Å²) in [6.45, 7) is 3.60. The SMILES string of the molecule is O[C@@H](COc1ccccc1)C[NH+]1CC1. The Morgan fingerprint density at radius 1 is 1.29 bits per heavy atom. The van der Waals surface area contributed by atoms with E-state index in [4.69, 9.17) is 4.74 Å². The van der Waals surface area contributed by atoms with Crippen LogP contribution in [0.15, 0.2) is 30.3 Å². The summed E-state index contributed by atoms with van der Waals surface area (Å²) in [6.07, 6.45) is -0.340. The second-order valence-corrected chi connectivity index (χ2v) is 3.73. The Balaban J connectivity index is 1.70. The van der Waals surface area contributed by atoms with Crippen molar-refractivity contribution in [2.75, 3.05) is 26.2 Å². The monoisotopic (exact) mass is 194 g/mol. The molecule has 14 heavy (non-hydrogen) atoms. The van der Waals surface area contributed by atoms with Crippen molar-refractivity contribution in [3.63, 3.8) is 0 Å². The molecule has 3 nitrogen and oxygen atoms in total. The highest BCUT2D eigenvalue weighted by Gasteiger charge is 2.26. The Labute approximate surface area is 83.9 Å². The first kappa shape index (κ1) is 9.49. The lowest BCUT2D eigenvalue weighted by Gasteiger charge is -2.10. The number of aliphatic hydroxyl groups excluding tert-OH is 1. The topological polar surface area (TPSA) is 33.9 Å². The van der Waals surface area contributed by atoms with Crippen LogP contribution in [0.3, 0.4) is 0 Å². The van der Waals surface area contributed by atoms with Crippen molar-refractivity contribution in [2.24, 2.45) is 0 Å². The van der Waals surface area contributed by atoms with Crippen LogP contribution in [0.2, 0.25) is 0 Å². The quantitative estimate of drug-likeness (QED) is 0.609. The minimum Gasteiger partial charge on any atom is -0.491 e. The molecule has 1 saturated heterocycles. The van der Waals surface area contributed by atoms with Crippen molar-refractivity contribution < 1.29 is 14.7 Å². The van der Waals surface area contributed by atoms with Crippen LogP contribution in [0.25, 0.3) is 0 Å². The average molecular weight is 194 g/mol. The molecule has 1 aromatic rings. The van der Waals surface area contributed by atoms with E-state index in [1.807, 2.05) is 30.3 Å². The highest BCUT2D eigenvalue weighted by Crippen LogP contribution is 2.08. The molecule has 0 aromatic heterocycles. The maximum atomic E-state index is 9.58. The number of quaternary nitrogens is 1. The molecule has 2 rings (SSSR count). The van der Waals surface area contributed by atoms with Crippen LogP contribution in [0.4, 0.5) is 0 Å². The van der Waals surface area contributed by atoms with Gasteiger partial charge in [-0.1, -0.05) is 18.2 Å². The Morgan fingerprint density at radius 2 is 2.00 bits per heavy atom. The van der Waals surface area contributed by atoms with Gasteiger partial charge in [-0.3, -0.25) is 0 Å². The van der Waals surface area contributed by atoms with Crippen molar-refractivity contribution >= 4 is 0 Å². The Hall–Kier alpha value is -1.06. The van der Waals surface area contributed by atoms with Gasteiger partial charge in [0.25, 0.3) is 0 Å². The summed E-state index contributed by atoms with van der Waals surface area (Å²) >= 11 is 0. The zero-order valence-electron chi connectivity index (χ0n) is 8.15. The molecule has 1 aliphatic heterocycles. The number of hydrogen-bond donors (Lipinski definition) is 2. The summed E-state index contributed by atoms with van der Waals surface area (Å²) in [4.78, 5) is 1.47. The van der Waals surface area contributed by atoms with Crippen LogP contribution in [-0.4, -0.2) is 37.5 Å². The van der Waals surface area contributed by atoms with Crippen LogP contribution >= 0.6 is 0 Å². The van der Waals surface area contributed by atoms with Crippen molar-refractivity contribution in [1.82, 2.24) is 0 Å². The minimum atomic E-state index is -0.340. The lowest BCUT2D eigenvalue weighted by molar-refractivity contribution is -0.763. The van der Waals surface area contributed by atoms with Crippen molar-refractivity contribution in [1.29, 1.82) is 0 Å². The van der Waals surface area contributed by atoms with Crippen LogP contribution in [0.1, 0.15) is 0 Å². The first-order chi connectivity index (χ1) is 6.84. The molecule has 0 bridgehead atoms. The summed E-state index contributed by atoms with van der Waals surface area (Å²) in [7, 11) is 0. The lowest BCUT2D eigenvalue weighted by atomic mass is 10.3. The molecule has 1 fully saturated rings. The van der Waals surface area contributed by atoms with Gasteiger partial charge < -0.3 is 14.7 Å². The highest BCUT2D eigenvalue weighted by atomic mass is 16.5. The summed E-state index contributed by atoms with van der Waals surface area (Å²) in [5.74, 6) is 0.826. The van der Waals surface area contributed by atoms with E-state index in [0.29, 0.717) is 6.61 Å². The summed E-state index contributed by atoms with van der Waals surface area (Å²) in [5, 5.41) is 9.58. The van der Waals surface area contributed by atoms with E-state index in [1.165, 1.54) is 18.0 Å². The number of rotatable bonds is 5. The fraction of sp³-hybridized carbons (Fsp3) is 0.455. The molecule has 0 amide bonds. The largest absolute Gasteiger partial charge is 0.491 e. The van der Waals surface area contributed by atoms with Crippen LogP contribution in [-0.2, 0) is 0 Å². The maximum absolute atomic E-state index is 9.58. The Kier molecular flexibility index (Phi) is 3.01. The third kappa shape index (κ3) is 3.01. The minimum absolute atomic E-state index is 0.340. The lowest BCUT2D eigenvalue weighted by Crippen LogP contribution is -2.94. The van der Waals surface area contributed by atoms with Gasteiger partial charge in [-0.05, 0) is 12.1 Å². The van der Waals surface area contributed by atoms with Crippen molar-refractivity contribution in [3.05, 3.63) is 30.3 Å². The summed E-state index contributed by atoms with van der Waals surface area (Å²) < 4.78 is 5.43. The van der Waals surface area contributed by atoms with E-state index in [1.54, 1.807) is 0 Å². The third-order valence-corrected chi connectivity index (χ3v) is 2.31. The van der Waals surface area contributed by atoms with Crippen LogP contribution in [0, 0.1) is 0 Å². The highest BCUT2D eigenvalue weighted by molar-refractivity contribution is 5.20. The summed E-state index contributed by atoms with van der Waals surface area (Å²) in [6, 6.07) is 9.60. The van der Waals surface area contributed by atoms with Gasteiger partial charge in [0.2, 0.25) is 0 Å². The molecule has 0 radical (unpaired) electrons. The normalized spacial score (nSPS) is 17.8. The average Bonchev–Trinajstić information content (AvgIpc) is 3.00. The van der Waals surface area contributed by atoms with Gasteiger partial charge in [0.1, 0.15) is 38.1 Å². The molecule has 1 heterocycles. The molecule has 0 aliphatic carbocycles. The van der Waals surface area contributed by atoms with Crippen molar-refractivity contribution in [3.8, 4) is 5.75 Å². The van der Waals surface area contributed by atoms with Gasteiger partial charge in [-0.2, -0.15) is 0 Å². The fourth-order valence-electron chi connectivity index (χ4n) is 1.39. The molecule has 0 unspecified atom stereocenters. The zero-order chi connectivity index (χ0) is 9.80. The molecule has 1 aromatic carbocycles. The first-order valence-corrected chi connectivity index (χ1v) is 5.04. The fourth-order valence-corrected chi connectivity index (χ4v) is 1.39. The Bertz CT molecular complexity index is 272. The van der Waals surface area contributed by atoms with E-state index in [-0.39, 0.29) is 6.10 Å². The van der Waals surface area contributed by atoms with Gasteiger partial charge in [0, 0.05) is 0 Å². The second kappa shape index (κ2) is 4.44. The number of nitrogens with one attached hydrogen (secondary N) is 1. The number of hydrogen-bond acceptors (Lipinski definition) is 2. The van der Waals surface area contributed by atoms with E-state index in [9.17, 15) is 5.11 Å². The summed E-state index contributed by atoms with van der Waals surface area (Å²) in [5.41, 5.74) is 0. The molecular weight excluding hydrogens is 178 g/mol. The third-order valence-electron chi connectivity index (χ3n) is 2.31. The predicted molar refractivity (Wildman–Crippen MR) is 53.5 cm³/mol. The van der Waals surface area contributed by atoms with Crippen molar-refractivity contribution in [2.45, 2.75) is 6.10 Å². The van der Waals surface area contributed by atoms with Crippen LogP contribution < -0.4 is 9.64 Å². The van der Waals surface area contributed by atoms with Gasteiger partial charge in [-0.15, -0.1) is 0 Å². The number of ether oxygens (including phenoxy) is 1. The van der Waals surface area contributed by atoms with E-state index < -0.39 is 0 Å². The van der Waals surface area contributed by atoms with E-state index in [0.717, 1.165) is 12.3 Å². The van der Waals surface area contributed by atoms with Gasteiger partial charge in [-0.25, -0.2) is 0 Å². The molecule has 0 spiro atoms. The van der Waals surface area contributed by atoms with E-state index >= 15 is 0 Å².